The van der Waals surface area contributed by atoms with Crippen molar-refractivity contribution in [2.75, 3.05) is 0 Å². The quantitative estimate of drug-likeness (QED) is 0.456. The standard InChI is InChI=1S/C9H10BNO/c10-8-4-1-7(2-5-8)3-6-9(11)12/h1-6H,10H2,(H2,11,12)/b6-3+. The third-order valence-corrected chi connectivity index (χ3v) is 1.52. The van der Waals surface area contributed by atoms with Gasteiger partial charge in [-0.25, -0.2) is 0 Å². The lowest BCUT2D eigenvalue weighted by Crippen LogP contribution is -2.05. The summed E-state index contributed by atoms with van der Waals surface area (Å²) in [4.78, 5) is 10.4. The molecule has 12 heavy (non-hydrogen) atoms. The van der Waals surface area contributed by atoms with E-state index in [-0.39, 0.29) is 0 Å². The van der Waals surface area contributed by atoms with Gasteiger partial charge in [0.1, 0.15) is 7.85 Å². The number of benzene rings is 1. The molecule has 0 heterocycles. The molecule has 0 saturated heterocycles. The molecule has 0 aromatic heterocycles. The Hall–Kier alpha value is -1.51. The van der Waals surface area contributed by atoms with Gasteiger partial charge in [0.15, 0.2) is 0 Å². The zero-order valence-corrected chi connectivity index (χ0v) is 6.95. The first-order valence-electron chi connectivity index (χ1n) is 3.72. The van der Waals surface area contributed by atoms with Gasteiger partial charge in [-0.15, -0.1) is 0 Å². The highest BCUT2D eigenvalue weighted by Gasteiger charge is 1.87. The van der Waals surface area contributed by atoms with Crippen LogP contribution in [0, 0.1) is 0 Å². The van der Waals surface area contributed by atoms with E-state index >= 15 is 0 Å². The van der Waals surface area contributed by atoms with E-state index in [4.69, 9.17) is 5.73 Å². The number of carbonyl (C=O) groups is 1. The number of hydrogen-bond donors (Lipinski definition) is 1. The summed E-state index contributed by atoms with van der Waals surface area (Å²) in [6.07, 6.45) is 3.05. The van der Waals surface area contributed by atoms with Gasteiger partial charge in [0, 0.05) is 6.08 Å². The molecular weight excluding hydrogens is 149 g/mol. The Morgan fingerprint density at radius 2 is 1.92 bits per heavy atom. The van der Waals surface area contributed by atoms with E-state index in [0.29, 0.717) is 0 Å². The van der Waals surface area contributed by atoms with Crippen molar-refractivity contribution in [2.24, 2.45) is 5.73 Å². The number of hydrogen-bond acceptors (Lipinski definition) is 1. The first kappa shape index (κ1) is 8.59. The molecule has 2 nitrogen and oxygen atoms in total. The van der Waals surface area contributed by atoms with Gasteiger partial charge in [-0.05, 0) is 11.6 Å². The van der Waals surface area contributed by atoms with Crippen LogP contribution in [0.1, 0.15) is 5.56 Å². The molecule has 0 bridgehead atoms. The molecule has 0 aliphatic heterocycles. The molecule has 0 unspecified atom stereocenters. The van der Waals surface area contributed by atoms with Crippen molar-refractivity contribution in [3.8, 4) is 0 Å². The van der Waals surface area contributed by atoms with Gasteiger partial charge in [-0.3, -0.25) is 4.79 Å². The monoisotopic (exact) mass is 159 g/mol. The van der Waals surface area contributed by atoms with Crippen molar-refractivity contribution in [3.63, 3.8) is 0 Å². The van der Waals surface area contributed by atoms with Crippen LogP contribution in [0.5, 0.6) is 0 Å². The number of primary amides is 1. The molecule has 0 radical (unpaired) electrons. The Kier molecular flexibility index (Phi) is 2.69. The fourth-order valence-electron chi connectivity index (χ4n) is 0.856. The van der Waals surface area contributed by atoms with Gasteiger partial charge in [0.2, 0.25) is 5.91 Å². The summed E-state index contributed by atoms with van der Waals surface area (Å²) in [5, 5.41) is 0. The summed E-state index contributed by atoms with van der Waals surface area (Å²) in [6, 6.07) is 7.85. The lowest BCUT2D eigenvalue weighted by Gasteiger charge is -1.93. The third kappa shape index (κ3) is 2.62. The summed E-state index contributed by atoms with van der Waals surface area (Å²) in [5.41, 5.74) is 7.13. The van der Waals surface area contributed by atoms with Crippen LogP contribution in [0.3, 0.4) is 0 Å². The van der Waals surface area contributed by atoms with Crippen LogP contribution in [-0.4, -0.2) is 13.8 Å². The molecule has 1 aromatic carbocycles. The molecule has 0 saturated carbocycles. The van der Waals surface area contributed by atoms with Crippen LogP contribution < -0.4 is 11.2 Å². The first-order valence-corrected chi connectivity index (χ1v) is 3.72. The summed E-state index contributed by atoms with van der Waals surface area (Å²) < 4.78 is 0. The molecule has 60 valence electrons. The molecule has 2 N–H and O–H groups in total. The van der Waals surface area contributed by atoms with Crippen LogP contribution >= 0.6 is 0 Å². The van der Waals surface area contributed by atoms with Gasteiger partial charge >= 0.3 is 0 Å². The summed E-state index contributed by atoms with van der Waals surface area (Å²) >= 11 is 0. The average Bonchev–Trinajstić information content (AvgIpc) is 2.03. The van der Waals surface area contributed by atoms with Gasteiger partial charge in [0.25, 0.3) is 0 Å². The molecular formula is C9H10BNO. The predicted molar refractivity (Wildman–Crippen MR) is 52.8 cm³/mol. The Morgan fingerprint density at radius 1 is 1.33 bits per heavy atom. The van der Waals surface area contributed by atoms with E-state index < -0.39 is 5.91 Å². The topological polar surface area (TPSA) is 43.1 Å². The van der Waals surface area contributed by atoms with E-state index in [1.165, 1.54) is 11.5 Å². The normalized spacial score (nSPS) is 10.3. The maximum atomic E-state index is 10.4. The van der Waals surface area contributed by atoms with Crippen LogP contribution in [-0.2, 0) is 4.79 Å². The molecule has 0 aliphatic carbocycles. The van der Waals surface area contributed by atoms with Crippen molar-refractivity contribution in [3.05, 3.63) is 35.9 Å². The molecule has 0 spiro atoms. The molecule has 3 heteroatoms. The van der Waals surface area contributed by atoms with E-state index in [1.54, 1.807) is 6.08 Å². The summed E-state index contributed by atoms with van der Waals surface area (Å²) in [7, 11) is 2.02. The first-order chi connectivity index (χ1) is 5.68. The van der Waals surface area contributed by atoms with Crippen molar-refractivity contribution in [2.45, 2.75) is 0 Å². The highest BCUT2D eigenvalue weighted by molar-refractivity contribution is 6.32. The molecule has 1 rings (SSSR count). The fourth-order valence-corrected chi connectivity index (χ4v) is 0.856. The van der Waals surface area contributed by atoms with Crippen LogP contribution in [0.4, 0.5) is 0 Å². The number of nitrogens with two attached hydrogens (primary N) is 1. The Morgan fingerprint density at radius 3 is 2.42 bits per heavy atom. The second-order valence-electron chi connectivity index (χ2n) is 2.65. The predicted octanol–water partition coefficient (Wildman–Crippen LogP) is -0.557. The average molecular weight is 159 g/mol. The zero-order valence-electron chi connectivity index (χ0n) is 6.95. The van der Waals surface area contributed by atoms with Crippen LogP contribution in [0.2, 0.25) is 0 Å². The molecule has 0 atom stereocenters. The molecule has 0 fully saturated rings. The Balaban J connectivity index is 2.77. The lowest BCUT2D eigenvalue weighted by atomic mass is 9.95. The van der Waals surface area contributed by atoms with E-state index in [9.17, 15) is 4.79 Å². The van der Waals surface area contributed by atoms with E-state index in [0.717, 1.165) is 5.56 Å². The van der Waals surface area contributed by atoms with Crippen molar-refractivity contribution >= 4 is 25.3 Å². The maximum absolute atomic E-state index is 10.4. The van der Waals surface area contributed by atoms with Crippen LogP contribution in [0.15, 0.2) is 30.3 Å². The Bertz CT molecular complexity index is 303. The van der Waals surface area contributed by atoms with Gasteiger partial charge < -0.3 is 5.73 Å². The molecule has 0 aliphatic rings. The van der Waals surface area contributed by atoms with Crippen molar-refractivity contribution < 1.29 is 4.79 Å². The minimum Gasteiger partial charge on any atom is -0.366 e. The Labute approximate surface area is 72.5 Å². The number of carbonyl (C=O) groups excluding carboxylic acids is 1. The zero-order chi connectivity index (χ0) is 8.97. The fraction of sp³-hybridized carbons (Fsp3) is 0. The van der Waals surface area contributed by atoms with Gasteiger partial charge in [0.05, 0.1) is 0 Å². The minimum absolute atomic E-state index is 0.421. The van der Waals surface area contributed by atoms with Gasteiger partial charge in [-0.2, -0.15) is 0 Å². The summed E-state index contributed by atoms with van der Waals surface area (Å²) in [6.45, 7) is 0. The molecule has 1 aromatic rings. The van der Waals surface area contributed by atoms with Gasteiger partial charge in [-0.1, -0.05) is 29.7 Å². The number of amides is 1. The third-order valence-electron chi connectivity index (χ3n) is 1.52. The van der Waals surface area contributed by atoms with Crippen molar-refractivity contribution in [1.29, 1.82) is 0 Å². The second kappa shape index (κ2) is 3.76. The summed E-state index contributed by atoms with van der Waals surface area (Å²) in [5.74, 6) is -0.421. The minimum atomic E-state index is -0.421. The number of rotatable bonds is 2. The molecule has 1 amide bonds. The SMILES string of the molecule is Bc1ccc(/C=C/C(N)=O)cc1. The second-order valence-corrected chi connectivity index (χ2v) is 2.65. The smallest absolute Gasteiger partial charge is 0.241 e. The highest BCUT2D eigenvalue weighted by atomic mass is 16.1. The lowest BCUT2D eigenvalue weighted by molar-refractivity contribution is -0.113. The highest BCUT2D eigenvalue weighted by Crippen LogP contribution is 1.98. The van der Waals surface area contributed by atoms with E-state index in [2.05, 4.69) is 0 Å². The largest absolute Gasteiger partial charge is 0.366 e. The van der Waals surface area contributed by atoms with Crippen molar-refractivity contribution in [1.82, 2.24) is 0 Å². The van der Waals surface area contributed by atoms with Crippen LogP contribution in [0.25, 0.3) is 6.08 Å². The maximum Gasteiger partial charge on any atom is 0.241 e. The van der Waals surface area contributed by atoms with E-state index in [1.807, 2.05) is 32.1 Å².